The summed E-state index contributed by atoms with van der Waals surface area (Å²) < 4.78 is 13.8. The second-order valence-electron chi connectivity index (χ2n) is 5.61. The van der Waals surface area contributed by atoms with Gasteiger partial charge in [-0.05, 0) is 38.3 Å². The van der Waals surface area contributed by atoms with E-state index < -0.39 is 0 Å². The van der Waals surface area contributed by atoms with Gasteiger partial charge >= 0.3 is 0 Å². The standard InChI is InChI=1S/C15H21FN2/c1-11(13-6-2-3-7-14(13)16)18-9-12-5-4-8-17-15(12)10-18/h2-3,6-7,11-12,15,17H,4-5,8-10H2,1H3. The average molecular weight is 248 g/mol. The number of fused-ring (bicyclic) bond motifs is 1. The molecule has 0 aromatic heterocycles. The lowest BCUT2D eigenvalue weighted by atomic mass is 9.94. The van der Waals surface area contributed by atoms with Crippen LogP contribution in [-0.2, 0) is 0 Å². The van der Waals surface area contributed by atoms with E-state index in [4.69, 9.17) is 0 Å². The summed E-state index contributed by atoms with van der Waals surface area (Å²) in [5.41, 5.74) is 0.830. The molecule has 2 aliphatic rings. The zero-order valence-corrected chi connectivity index (χ0v) is 10.9. The molecule has 2 saturated heterocycles. The highest BCUT2D eigenvalue weighted by Gasteiger charge is 2.36. The van der Waals surface area contributed by atoms with Gasteiger partial charge in [0.05, 0.1) is 0 Å². The SMILES string of the molecule is CC(c1ccccc1F)N1CC2CCCNC2C1. The van der Waals surface area contributed by atoms with Crippen LogP contribution >= 0.6 is 0 Å². The van der Waals surface area contributed by atoms with Crippen LogP contribution in [0.3, 0.4) is 0 Å². The summed E-state index contributed by atoms with van der Waals surface area (Å²) in [6, 6.07) is 7.96. The molecule has 1 N–H and O–H groups in total. The molecule has 18 heavy (non-hydrogen) atoms. The fraction of sp³-hybridized carbons (Fsp3) is 0.600. The number of nitrogens with zero attached hydrogens (tertiary/aromatic N) is 1. The molecule has 98 valence electrons. The number of halogens is 1. The van der Waals surface area contributed by atoms with Gasteiger partial charge in [0.15, 0.2) is 0 Å². The van der Waals surface area contributed by atoms with Crippen molar-refractivity contribution in [3.8, 4) is 0 Å². The first-order chi connectivity index (χ1) is 8.75. The van der Waals surface area contributed by atoms with Crippen LogP contribution < -0.4 is 5.32 Å². The largest absolute Gasteiger partial charge is 0.312 e. The van der Waals surface area contributed by atoms with Gasteiger partial charge in [0, 0.05) is 30.7 Å². The van der Waals surface area contributed by atoms with Gasteiger partial charge in [0.25, 0.3) is 0 Å². The van der Waals surface area contributed by atoms with Crippen LogP contribution in [0.5, 0.6) is 0 Å². The Morgan fingerprint density at radius 3 is 2.94 bits per heavy atom. The van der Waals surface area contributed by atoms with Crippen LogP contribution in [-0.4, -0.2) is 30.6 Å². The van der Waals surface area contributed by atoms with Crippen LogP contribution in [0.25, 0.3) is 0 Å². The molecule has 1 aromatic carbocycles. The first-order valence-electron chi connectivity index (χ1n) is 6.97. The number of piperidine rings is 1. The van der Waals surface area contributed by atoms with E-state index in [1.165, 1.54) is 12.8 Å². The molecule has 2 nitrogen and oxygen atoms in total. The van der Waals surface area contributed by atoms with Crippen molar-refractivity contribution in [2.45, 2.75) is 31.8 Å². The van der Waals surface area contributed by atoms with Crippen molar-refractivity contribution in [3.63, 3.8) is 0 Å². The van der Waals surface area contributed by atoms with E-state index in [1.54, 1.807) is 12.1 Å². The third-order valence-corrected chi connectivity index (χ3v) is 4.53. The summed E-state index contributed by atoms with van der Waals surface area (Å²) in [6.07, 6.45) is 2.60. The molecule has 0 radical (unpaired) electrons. The number of hydrogen-bond acceptors (Lipinski definition) is 2. The predicted octanol–water partition coefficient (Wildman–Crippen LogP) is 2.57. The first kappa shape index (κ1) is 12.1. The fourth-order valence-corrected chi connectivity index (χ4v) is 3.41. The molecule has 0 spiro atoms. The van der Waals surface area contributed by atoms with Crippen LogP contribution in [0.4, 0.5) is 4.39 Å². The molecular formula is C15H21FN2. The molecule has 3 atom stereocenters. The number of likely N-dealkylation sites (tertiary alicyclic amines) is 1. The summed E-state index contributed by atoms with van der Waals surface area (Å²) in [5.74, 6) is 0.681. The topological polar surface area (TPSA) is 15.3 Å². The van der Waals surface area contributed by atoms with Crippen molar-refractivity contribution in [2.75, 3.05) is 19.6 Å². The minimum Gasteiger partial charge on any atom is -0.312 e. The molecule has 0 amide bonds. The summed E-state index contributed by atoms with van der Waals surface area (Å²) >= 11 is 0. The molecule has 0 saturated carbocycles. The second kappa shape index (κ2) is 4.98. The van der Waals surface area contributed by atoms with Gasteiger partial charge in [0.2, 0.25) is 0 Å². The van der Waals surface area contributed by atoms with E-state index in [0.29, 0.717) is 6.04 Å². The number of benzene rings is 1. The Hall–Kier alpha value is -0.930. The van der Waals surface area contributed by atoms with Crippen molar-refractivity contribution < 1.29 is 4.39 Å². The highest BCUT2D eigenvalue weighted by molar-refractivity contribution is 5.21. The smallest absolute Gasteiger partial charge is 0.127 e. The summed E-state index contributed by atoms with van der Waals surface area (Å²) in [7, 11) is 0. The lowest BCUT2D eigenvalue weighted by molar-refractivity contribution is 0.246. The number of hydrogen-bond donors (Lipinski definition) is 1. The lowest BCUT2D eigenvalue weighted by Gasteiger charge is -2.25. The maximum atomic E-state index is 13.8. The first-order valence-corrected chi connectivity index (χ1v) is 6.97. The van der Waals surface area contributed by atoms with Gasteiger partial charge in [-0.15, -0.1) is 0 Å². The van der Waals surface area contributed by atoms with Gasteiger partial charge in [-0.3, -0.25) is 4.90 Å². The van der Waals surface area contributed by atoms with Gasteiger partial charge < -0.3 is 5.32 Å². The Morgan fingerprint density at radius 1 is 1.33 bits per heavy atom. The Balaban J connectivity index is 1.74. The maximum absolute atomic E-state index is 13.8. The molecular weight excluding hydrogens is 227 g/mol. The Kier molecular flexibility index (Phi) is 3.35. The second-order valence-corrected chi connectivity index (χ2v) is 5.61. The zero-order valence-electron chi connectivity index (χ0n) is 10.9. The zero-order chi connectivity index (χ0) is 12.5. The van der Waals surface area contributed by atoms with Crippen LogP contribution in [0.2, 0.25) is 0 Å². The Labute approximate surface area is 108 Å². The monoisotopic (exact) mass is 248 g/mol. The van der Waals surface area contributed by atoms with Gasteiger partial charge in [-0.2, -0.15) is 0 Å². The van der Waals surface area contributed by atoms with Crippen LogP contribution in [0.15, 0.2) is 24.3 Å². The normalized spacial score (nSPS) is 30.1. The van der Waals surface area contributed by atoms with E-state index >= 15 is 0 Å². The minimum atomic E-state index is -0.0761. The summed E-state index contributed by atoms with van der Waals surface area (Å²) in [5, 5.41) is 3.60. The predicted molar refractivity (Wildman–Crippen MR) is 70.9 cm³/mol. The average Bonchev–Trinajstić information content (AvgIpc) is 2.82. The lowest BCUT2D eigenvalue weighted by Crippen LogP contribution is -2.40. The van der Waals surface area contributed by atoms with Crippen molar-refractivity contribution in [1.29, 1.82) is 0 Å². The maximum Gasteiger partial charge on any atom is 0.127 e. The molecule has 0 aliphatic carbocycles. The molecule has 2 fully saturated rings. The Bertz CT molecular complexity index is 407. The van der Waals surface area contributed by atoms with E-state index in [2.05, 4.69) is 17.1 Å². The quantitative estimate of drug-likeness (QED) is 0.865. The van der Waals surface area contributed by atoms with Crippen molar-refractivity contribution in [3.05, 3.63) is 35.6 Å². The van der Waals surface area contributed by atoms with Crippen molar-refractivity contribution in [1.82, 2.24) is 10.2 Å². The summed E-state index contributed by atoms with van der Waals surface area (Å²) in [4.78, 5) is 2.42. The van der Waals surface area contributed by atoms with E-state index in [1.807, 2.05) is 12.1 Å². The highest BCUT2D eigenvalue weighted by atomic mass is 19.1. The molecule has 3 unspecified atom stereocenters. The number of rotatable bonds is 2. The van der Waals surface area contributed by atoms with E-state index in [-0.39, 0.29) is 11.9 Å². The molecule has 2 aliphatic heterocycles. The van der Waals surface area contributed by atoms with E-state index in [9.17, 15) is 4.39 Å². The van der Waals surface area contributed by atoms with Gasteiger partial charge in [-0.25, -0.2) is 4.39 Å². The van der Waals surface area contributed by atoms with Gasteiger partial charge in [-0.1, -0.05) is 18.2 Å². The minimum absolute atomic E-state index is 0.0761. The van der Waals surface area contributed by atoms with Gasteiger partial charge in [0.1, 0.15) is 5.82 Å². The highest BCUT2D eigenvalue weighted by Crippen LogP contribution is 2.32. The third-order valence-electron chi connectivity index (χ3n) is 4.53. The third kappa shape index (κ3) is 2.17. The Morgan fingerprint density at radius 2 is 2.17 bits per heavy atom. The van der Waals surface area contributed by atoms with E-state index in [0.717, 1.165) is 31.1 Å². The summed E-state index contributed by atoms with van der Waals surface area (Å²) in [6.45, 7) is 5.42. The molecule has 1 aromatic rings. The van der Waals surface area contributed by atoms with Crippen LogP contribution in [0, 0.1) is 11.7 Å². The molecule has 2 heterocycles. The molecule has 3 heteroatoms. The van der Waals surface area contributed by atoms with Crippen molar-refractivity contribution in [2.24, 2.45) is 5.92 Å². The molecule has 0 bridgehead atoms. The number of nitrogens with one attached hydrogen (secondary N) is 1. The van der Waals surface area contributed by atoms with Crippen molar-refractivity contribution >= 4 is 0 Å². The van der Waals surface area contributed by atoms with Crippen LogP contribution in [0.1, 0.15) is 31.4 Å². The fourth-order valence-electron chi connectivity index (χ4n) is 3.41. The molecule has 3 rings (SSSR count).